The van der Waals surface area contributed by atoms with Crippen LogP contribution >= 0.6 is 0 Å². The van der Waals surface area contributed by atoms with E-state index in [1.807, 2.05) is 0 Å². The molecule has 0 unspecified atom stereocenters. The maximum atomic E-state index is 5.68. The molecule has 0 radical (unpaired) electrons. The van der Waals surface area contributed by atoms with Gasteiger partial charge in [-0.2, -0.15) is 4.57 Å². The van der Waals surface area contributed by atoms with Gasteiger partial charge in [0.05, 0.1) is 17.1 Å². The Balaban J connectivity index is 1.30. The number of hydrogen-bond donors (Lipinski definition) is 0. The predicted octanol–water partition coefficient (Wildman–Crippen LogP) is 12.4. The third-order valence-electron chi connectivity index (χ3n) is 14.7. The van der Waals surface area contributed by atoms with Crippen molar-refractivity contribution in [2.24, 2.45) is 7.05 Å². The molecule has 2 aliphatic carbocycles. The first-order chi connectivity index (χ1) is 27.7. The highest BCUT2D eigenvalue weighted by Gasteiger charge is 2.71. The van der Waals surface area contributed by atoms with E-state index in [-0.39, 0.29) is 11.6 Å². The molecule has 0 atom stereocenters. The van der Waals surface area contributed by atoms with Crippen molar-refractivity contribution in [2.75, 3.05) is 0 Å². The fourth-order valence-electron chi connectivity index (χ4n) is 12.1. The van der Waals surface area contributed by atoms with E-state index in [1.165, 1.54) is 136 Å². The molecule has 3 fully saturated rings. The highest BCUT2D eigenvalue weighted by atomic mass is 15.7. The van der Waals surface area contributed by atoms with Crippen LogP contribution in [0.2, 0.25) is 0 Å². The Morgan fingerprint density at radius 2 is 1.35 bits per heavy atom. The Morgan fingerprint density at radius 3 is 2.02 bits per heavy atom. The van der Waals surface area contributed by atoms with Crippen molar-refractivity contribution in [1.29, 1.82) is 0 Å². The largest absolute Gasteiger partial charge is 0.337 e. The molecule has 290 valence electrons. The minimum Gasteiger partial charge on any atom is -0.337 e. The van der Waals surface area contributed by atoms with Crippen LogP contribution in [0.5, 0.6) is 0 Å². The second-order valence-corrected chi connectivity index (χ2v) is 19.3. The van der Waals surface area contributed by atoms with Crippen LogP contribution in [0.4, 0.5) is 0 Å². The van der Waals surface area contributed by atoms with E-state index in [4.69, 9.17) is 4.98 Å². The standard InChI is InChI=1S/C52H58N5/c1-33(2)42-31-35-20-16-17-25-40(35)45-46-49(54(6)47(42)45)48-44-41-28-27-37(51(3,4)5)30-36(41)26-29-43(44)52(55(48)32-53-46)56(38-21-12-8-13-22-38)50(34-18-10-7-11-19-34)57(52)39-23-14-9-15-24-39/h7,10-11,16-20,25-33,38-39,50H,8-9,12-15,21-24H2,1-6H3/q+1. The summed E-state index contributed by atoms with van der Waals surface area (Å²) in [6.45, 7) is 11.7. The van der Waals surface area contributed by atoms with Crippen LogP contribution in [0.3, 0.4) is 0 Å². The summed E-state index contributed by atoms with van der Waals surface area (Å²) < 4.78 is 5.25. The number of nitrogens with zero attached hydrogens (tertiary/aromatic N) is 5. The van der Waals surface area contributed by atoms with Gasteiger partial charge in [-0.1, -0.05) is 158 Å². The van der Waals surface area contributed by atoms with Crippen molar-refractivity contribution in [3.63, 3.8) is 0 Å². The normalized spacial score (nSPS) is 22.3. The molecule has 1 spiro atoms. The van der Waals surface area contributed by atoms with Crippen LogP contribution in [-0.4, -0.2) is 31.4 Å². The van der Waals surface area contributed by atoms with E-state index in [2.05, 4.69) is 158 Å². The van der Waals surface area contributed by atoms with Gasteiger partial charge in [-0.25, -0.2) is 9.80 Å². The monoisotopic (exact) mass is 752 g/mol. The van der Waals surface area contributed by atoms with Gasteiger partial charge in [0.1, 0.15) is 5.52 Å². The van der Waals surface area contributed by atoms with Crippen LogP contribution in [0, 0.1) is 0 Å². The van der Waals surface area contributed by atoms with Gasteiger partial charge in [0.25, 0.3) is 12.1 Å². The lowest BCUT2D eigenvalue weighted by Gasteiger charge is -2.67. The van der Waals surface area contributed by atoms with E-state index < -0.39 is 5.79 Å². The van der Waals surface area contributed by atoms with Gasteiger partial charge in [0.15, 0.2) is 5.69 Å². The quantitative estimate of drug-likeness (QED) is 0.168. The summed E-state index contributed by atoms with van der Waals surface area (Å²) in [7, 11) is 2.33. The molecular weight excluding hydrogens is 695 g/mol. The van der Waals surface area contributed by atoms with Gasteiger partial charge in [-0.3, -0.25) is 0 Å². The van der Waals surface area contributed by atoms with Gasteiger partial charge in [0.2, 0.25) is 5.52 Å². The summed E-state index contributed by atoms with van der Waals surface area (Å²) in [5.74, 6) is -0.106. The predicted molar refractivity (Wildman–Crippen MR) is 235 cm³/mol. The minimum absolute atomic E-state index is 0.0643. The van der Waals surface area contributed by atoms with Gasteiger partial charge >= 0.3 is 0 Å². The Bertz CT molecular complexity index is 2680. The third kappa shape index (κ3) is 4.94. The SMILES string of the molecule is CC(C)c1cc2ccccc2c2c3nc[n+]4c(c3n(C)c12)-c1c(ccc2cc(C(C)(C)C)ccc12)C41N(C2CCCCC2)C(c2ccccc2)N1C1CCCCC1. The number of fused-ring (bicyclic) bond motifs is 13. The number of aryl methyl sites for hydroxylation is 1. The number of hydrogen-bond acceptors (Lipinski definition) is 3. The van der Waals surface area contributed by atoms with Gasteiger partial charge in [-0.15, -0.1) is 0 Å². The Morgan fingerprint density at radius 1 is 0.702 bits per heavy atom. The lowest BCUT2D eigenvalue weighted by Crippen LogP contribution is -2.86. The lowest BCUT2D eigenvalue weighted by atomic mass is 9.80. The number of rotatable bonds is 4. The summed E-state index contributed by atoms with van der Waals surface area (Å²) in [5, 5.41) is 6.56. The zero-order valence-electron chi connectivity index (χ0n) is 34.9. The summed E-state index contributed by atoms with van der Waals surface area (Å²) in [6.07, 6.45) is 15.3. The van der Waals surface area contributed by atoms with E-state index >= 15 is 0 Å². The topological polar surface area (TPSA) is 28.2 Å². The molecule has 0 bridgehead atoms. The maximum absolute atomic E-state index is 5.68. The molecule has 11 rings (SSSR count). The molecule has 7 aromatic rings. The van der Waals surface area contributed by atoms with Crippen molar-refractivity contribution >= 4 is 43.5 Å². The molecular formula is C52H58N5+. The highest BCUT2D eigenvalue weighted by Crippen LogP contribution is 2.61. The van der Waals surface area contributed by atoms with Gasteiger partial charge < -0.3 is 4.57 Å². The fraction of sp³-hybridized carbons (Fsp3) is 0.423. The first-order valence-corrected chi connectivity index (χ1v) is 22.1. The molecule has 1 saturated heterocycles. The fourth-order valence-corrected chi connectivity index (χ4v) is 12.1. The zero-order valence-corrected chi connectivity index (χ0v) is 34.9. The number of aromatic nitrogens is 3. The summed E-state index contributed by atoms with van der Waals surface area (Å²) in [6, 6.07) is 36.3. The molecule has 2 aromatic heterocycles. The number of benzene rings is 5. The smallest absolute Gasteiger partial charge is 0.290 e. The first-order valence-electron chi connectivity index (χ1n) is 22.1. The lowest BCUT2D eigenvalue weighted by molar-refractivity contribution is -0.823. The molecule has 0 N–H and O–H groups in total. The molecule has 4 aliphatic rings. The Kier molecular flexibility index (Phi) is 8.09. The van der Waals surface area contributed by atoms with Crippen molar-refractivity contribution in [1.82, 2.24) is 19.4 Å². The van der Waals surface area contributed by atoms with Crippen LogP contribution in [0.15, 0.2) is 97.3 Å². The van der Waals surface area contributed by atoms with E-state index in [0.29, 0.717) is 18.0 Å². The maximum Gasteiger partial charge on any atom is 0.290 e. The molecule has 4 heterocycles. The van der Waals surface area contributed by atoms with Gasteiger partial charge in [0, 0.05) is 30.3 Å². The summed E-state index contributed by atoms with van der Waals surface area (Å²) >= 11 is 0. The van der Waals surface area contributed by atoms with Gasteiger partial charge in [-0.05, 0) is 86.3 Å². The molecule has 57 heavy (non-hydrogen) atoms. The molecule has 2 saturated carbocycles. The van der Waals surface area contributed by atoms with Crippen molar-refractivity contribution < 1.29 is 4.57 Å². The molecule has 5 heteroatoms. The van der Waals surface area contributed by atoms with Crippen LogP contribution in [0.1, 0.15) is 133 Å². The third-order valence-corrected chi connectivity index (χ3v) is 14.7. The molecule has 0 amide bonds. The Hall–Kier alpha value is -4.58. The van der Waals surface area contributed by atoms with Crippen molar-refractivity contribution in [3.8, 4) is 11.3 Å². The first kappa shape index (κ1) is 35.6. The van der Waals surface area contributed by atoms with Crippen molar-refractivity contribution in [3.05, 3.63) is 120 Å². The average molecular weight is 753 g/mol. The average Bonchev–Trinajstić information content (AvgIpc) is 3.71. The second kappa shape index (κ2) is 13.0. The van der Waals surface area contributed by atoms with Crippen LogP contribution < -0.4 is 4.57 Å². The summed E-state index contributed by atoms with van der Waals surface area (Å²) in [5.41, 5.74) is 12.1. The van der Waals surface area contributed by atoms with Crippen LogP contribution in [-0.2, 0) is 18.2 Å². The van der Waals surface area contributed by atoms with E-state index in [9.17, 15) is 0 Å². The minimum atomic E-state index is -0.479. The van der Waals surface area contributed by atoms with Crippen molar-refractivity contribution in [2.45, 2.75) is 134 Å². The molecule has 5 nitrogen and oxygen atoms in total. The highest BCUT2D eigenvalue weighted by molar-refractivity contribution is 6.22. The summed E-state index contributed by atoms with van der Waals surface area (Å²) in [4.78, 5) is 11.7. The second-order valence-electron chi connectivity index (χ2n) is 19.3. The van der Waals surface area contributed by atoms with E-state index in [1.54, 1.807) is 0 Å². The van der Waals surface area contributed by atoms with Crippen LogP contribution in [0.25, 0.3) is 54.7 Å². The van der Waals surface area contributed by atoms with E-state index in [0.717, 1.165) is 5.52 Å². The molecule has 5 aromatic carbocycles. The Labute approximate surface area is 338 Å². The molecule has 2 aliphatic heterocycles. The zero-order chi connectivity index (χ0) is 38.8.